The summed E-state index contributed by atoms with van der Waals surface area (Å²) in [6, 6.07) is 8.08. The zero-order chi connectivity index (χ0) is 19.7. The molecule has 1 unspecified atom stereocenters. The van der Waals surface area contributed by atoms with Crippen molar-refractivity contribution in [1.82, 2.24) is 10.2 Å². The summed E-state index contributed by atoms with van der Waals surface area (Å²) in [5.41, 5.74) is 2.68. The molecule has 0 radical (unpaired) electrons. The molecule has 8 heteroatoms. The highest BCUT2D eigenvalue weighted by Gasteiger charge is 2.33. The quantitative estimate of drug-likeness (QED) is 0.706. The number of halogens is 2. The first-order valence-electron chi connectivity index (χ1n) is 8.76. The van der Waals surface area contributed by atoms with Crippen molar-refractivity contribution in [2.45, 2.75) is 12.5 Å². The first kappa shape index (κ1) is 18.0. The Labute approximate surface area is 160 Å². The molecule has 3 aromatic rings. The van der Waals surface area contributed by atoms with Gasteiger partial charge in [-0.3, -0.25) is 9.89 Å². The van der Waals surface area contributed by atoms with E-state index in [4.69, 9.17) is 4.74 Å². The molecule has 2 N–H and O–H groups in total. The second-order valence-electron chi connectivity index (χ2n) is 6.51. The summed E-state index contributed by atoms with van der Waals surface area (Å²) in [7, 11) is 1.57. The number of hydrogen-bond acceptors (Lipinski definition) is 4. The summed E-state index contributed by atoms with van der Waals surface area (Å²) >= 11 is 0. The maximum atomic E-state index is 13.4. The van der Waals surface area contributed by atoms with Gasteiger partial charge in [-0.25, -0.2) is 8.78 Å². The third-order valence-corrected chi connectivity index (χ3v) is 4.71. The standard InChI is InChI=1S/C20H18F2N4O2/c1-28-19-9-16(2-3-17(19)12-10-23-24-11-12)26-5-4-18(20(26)27)25-15-7-13(21)6-14(22)8-15/h2-3,6-11,18,25H,4-5H2,1H3,(H,23,24). The van der Waals surface area contributed by atoms with Gasteiger partial charge in [0.2, 0.25) is 5.91 Å². The molecule has 1 atom stereocenters. The summed E-state index contributed by atoms with van der Waals surface area (Å²) in [5.74, 6) is -0.924. The zero-order valence-electron chi connectivity index (χ0n) is 15.1. The maximum Gasteiger partial charge on any atom is 0.249 e. The van der Waals surface area contributed by atoms with Gasteiger partial charge in [0, 0.05) is 47.4 Å². The highest BCUT2D eigenvalue weighted by Crippen LogP contribution is 2.34. The molecule has 4 rings (SSSR count). The van der Waals surface area contributed by atoms with E-state index in [1.165, 1.54) is 12.1 Å². The van der Waals surface area contributed by atoms with Gasteiger partial charge in [-0.2, -0.15) is 5.10 Å². The summed E-state index contributed by atoms with van der Waals surface area (Å²) in [5, 5.41) is 9.62. The summed E-state index contributed by atoms with van der Waals surface area (Å²) in [6.07, 6.45) is 3.97. The number of carbonyl (C=O) groups is 1. The molecule has 0 saturated carbocycles. The fourth-order valence-electron chi connectivity index (χ4n) is 3.39. The van der Waals surface area contributed by atoms with E-state index in [0.29, 0.717) is 24.4 Å². The van der Waals surface area contributed by atoms with E-state index in [1.54, 1.807) is 30.5 Å². The average molecular weight is 384 g/mol. The average Bonchev–Trinajstić information content (AvgIpc) is 3.31. The number of aromatic nitrogens is 2. The molecule has 1 amide bonds. The van der Waals surface area contributed by atoms with Gasteiger partial charge < -0.3 is 15.0 Å². The van der Waals surface area contributed by atoms with E-state index < -0.39 is 17.7 Å². The van der Waals surface area contributed by atoms with Crippen LogP contribution >= 0.6 is 0 Å². The van der Waals surface area contributed by atoms with Crippen LogP contribution in [0, 0.1) is 11.6 Å². The van der Waals surface area contributed by atoms with E-state index in [0.717, 1.165) is 17.2 Å². The summed E-state index contributed by atoms with van der Waals surface area (Å²) in [4.78, 5) is 14.4. The highest BCUT2D eigenvalue weighted by atomic mass is 19.1. The highest BCUT2D eigenvalue weighted by molar-refractivity contribution is 6.01. The number of H-pyrrole nitrogens is 1. The maximum absolute atomic E-state index is 13.4. The number of carbonyl (C=O) groups excluding carboxylic acids is 1. The molecule has 144 valence electrons. The van der Waals surface area contributed by atoms with Crippen molar-refractivity contribution < 1.29 is 18.3 Å². The largest absolute Gasteiger partial charge is 0.496 e. The number of benzene rings is 2. The minimum atomic E-state index is -0.690. The van der Waals surface area contributed by atoms with Crippen molar-refractivity contribution in [2.24, 2.45) is 0 Å². The predicted molar refractivity (Wildman–Crippen MR) is 101 cm³/mol. The molecule has 6 nitrogen and oxygen atoms in total. The van der Waals surface area contributed by atoms with Crippen LogP contribution in [0.1, 0.15) is 6.42 Å². The van der Waals surface area contributed by atoms with Crippen LogP contribution in [0.25, 0.3) is 11.1 Å². The Kier molecular flexibility index (Phi) is 4.68. The second kappa shape index (κ2) is 7.30. The number of nitrogens with zero attached hydrogens (tertiary/aromatic N) is 2. The van der Waals surface area contributed by atoms with Gasteiger partial charge in [-0.05, 0) is 30.7 Å². The van der Waals surface area contributed by atoms with Gasteiger partial charge >= 0.3 is 0 Å². The number of nitrogens with one attached hydrogen (secondary N) is 2. The van der Waals surface area contributed by atoms with Gasteiger partial charge in [0.05, 0.1) is 13.3 Å². The molecule has 1 aliphatic rings. The number of amides is 1. The SMILES string of the molecule is COc1cc(N2CCC(Nc3cc(F)cc(F)c3)C2=O)ccc1-c1cn[nH]c1. The first-order valence-corrected chi connectivity index (χ1v) is 8.76. The molecule has 0 bridgehead atoms. The van der Waals surface area contributed by atoms with Crippen molar-refractivity contribution in [3.05, 3.63) is 60.4 Å². The van der Waals surface area contributed by atoms with Crippen LogP contribution in [-0.2, 0) is 4.79 Å². The van der Waals surface area contributed by atoms with Crippen molar-refractivity contribution in [1.29, 1.82) is 0 Å². The van der Waals surface area contributed by atoms with Crippen molar-refractivity contribution in [2.75, 3.05) is 23.9 Å². The minimum absolute atomic E-state index is 0.164. The van der Waals surface area contributed by atoms with Crippen LogP contribution in [0.2, 0.25) is 0 Å². The number of ether oxygens (including phenoxy) is 1. The lowest BCUT2D eigenvalue weighted by molar-refractivity contribution is -0.117. The molecule has 2 heterocycles. The molecule has 0 spiro atoms. The first-order chi connectivity index (χ1) is 13.5. The van der Waals surface area contributed by atoms with Gasteiger partial charge in [-0.1, -0.05) is 0 Å². The molecule has 1 saturated heterocycles. The normalized spacial score (nSPS) is 16.5. The number of aromatic amines is 1. The Hall–Kier alpha value is -3.42. The molecule has 1 aliphatic heterocycles. The van der Waals surface area contributed by atoms with Crippen LogP contribution in [-0.4, -0.2) is 35.8 Å². The van der Waals surface area contributed by atoms with E-state index in [-0.39, 0.29) is 11.6 Å². The van der Waals surface area contributed by atoms with Crippen LogP contribution in [0.15, 0.2) is 48.8 Å². The fraction of sp³-hybridized carbons (Fsp3) is 0.200. The molecular formula is C20H18F2N4O2. The summed E-state index contributed by atoms with van der Waals surface area (Å²) < 4.78 is 32.2. The Morgan fingerprint density at radius 3 is 2.68 bits per heavy atom. The number of methoxy groups -OCH3 is 1. The van der Waals surface area contributed by atoms with E-state index in [2.05, 4.69) is 15.5 Å². The second-order valence-corrected chi connectivity index (χ2v) is 6.51. The number of anilines is 2. The Bertz CT molecular complexity index is 987. The third-order valence-electron chi connectivity index (χ3n) is 4.71. The molecule has 1 fully saturated rings. The van der Waals surface area contributed by atoms with Crippen LogP contribution in [0.3, 0.4) is 0 Å². The molecule has 1 aromatic heterocycles. The number of hydrogen-bond donors (Lipinski definition) is 2. The summed E-state index contributed by atoms with van der Waals surface area (Å²) in [6.45, 7) is 0.489. The Balaban J connectivity index is 1.55. The minimum Gasteiger partial charge on any atom is -0.496 e. The lowest BCUT2D eigenvalue weighted by Crippen LogP contribution is -2.33. The van der Waals surface area contributed by atoms with Crippen LogP contribution < -0.4 is 15.0 Å². The zero-order valence-corrected chi connectivity index (χ0v) is 15.1. The van der Waals surface area contributed by atoms with E-state index in [9.17, 15) is 13.6 Å². The van der Waals surface area contributed by atoms with Crippen molar-refractivity contribution in [3.63, 3.8) is 0 Å². The van der Waals surface area contributed by atoms with Gasteiger partial charge in [-0.15, -0.1) is 0 Å². The van der Waals surface area contributed by atoms with Crippen LogP contribution in [0.5, 0.6) is 5.75 Å². The van der Waals surface area contributed by atoms with E-state index >= 15 is 0 Å². The smallest absolute Gasteiger partial charge is 0.249 e. The third kappa shape index (κ3) is 3.40. The lowest BCUT2D eigenvalue weighted by Gasteiger charge is -2.19. The molecule has 2 aromatic carbocycles. The fourth-order valence-corrected chi connectivity index (χ4v) is 3.39. The monoisotopic (exact) mass is 384 g/mol. The van der Waals surface area contributed by atoms with Gasteiger partial charge in [0.25, 0.3) is 0 Å². The lowest BCUT2D eigenvalue weighted by atomic mass is 10.1. The van der Waals surface area contributed by atoms with Crippen molar-refractivity contribution in [3.8, 4) is 16.9 Å². The van der Waals surface area contributed by atoms with Gasteiger partial charge in [0.15, 0.2) is 0 Å². The van der Waals surface area contributed by atoms with E-state index in [1.807, 2.05) is 12.1 Å². The van der Waals surface area contributed by atoms with Crippen LogP contribution in [0.4, 0.5) is 20.2 Å². The predicted octanol–water partition coefficient (Wildman–Crippen LogP) is 3.58. The van der Waals surface area contributed by atoms with Crippen molar-refractivity contribution >= 4 is 17.3 Å². The Morgan fingerprint density at radius 2 is 2.00 bits per heavy atom. The molecular weight excluding hydrogens is 366 g/mol. The number of rotatable bonds is 5. The molecule has 28 heavy (non-hydrogen) atoms. The molecule has 0 aliphatic carbocycles. The Morgan fingerprint density at radius 1 is 1.21 bits per heavy atom. The van der Waals surface area contributed by atoms with Gasteiger partial charge in [0.1, 0.15) is 23.4 Å². The topological polar surface area (TPSA) is 70.2 Å².